The topological polar surface area (TPSA) is 113 Å². The summed E-state index contributed by atoms with van der Waals surface area (Å²) >= 11 is 1.05. The molecule has 1 amide bonds. The summed E-state index contributed by atoms with van der Waals surface area (Å²) in [6.07, 6.45) is -1.04. The van der Waals surface area contributed by atoms with Crippen LogP contribution in [0.3, 0.4) is 0 Å². The lowest BCUT2D eigenvalue weighted by molar-refractivity contribution is -0.119. The second kappa shape index (κ2) is 7.90. The minimum Gasteiger partial charge on any atom is -0.508 e. The summed E-state index contributed by atoms with van der Waals surface area (Å²) < 4.78 is 0. The van der Waals surface area contributed by atoms with Crippen LogP contribution in [0.25, 0.3) is 0 Å². The molecule has 0 saturated heterocycles. The van der Waals surface area contributed by atoms with Crippen LogP contribution in [0.1, 0.15) is 25.5 Å². The molecular weight excluding hydrogens is 292 g/mol. The average Bonchev–Trinajstić information content (AvgIpc) is 2.40. The number of benzene rings is 1. The van der Waals surface area contributed by atoms with Crippen LogP contribution in [0, 0.1) is 5.92 Å². The summed E-state index contributed by atoms with van der Waals surface area (Å²) in [5.74, 6) is -0.403. The number of carbonyl (C=O) groups is 2. The van der Waals surface area contributed by atoms with Crippen molar-refractivity contribution in [2.75, 3.05) is 18.0 Å². The van der Waals surface area contributed by atoms with Gasteiger partial charge in [0.05, 0.1) is 12.0 Å². The molecule has 0 aromatic heterocycles. The minimum absolute atomic E-state index is 0.0537. The van der Waals surface area contributed by atoms with E-state index in [0.29, 0.717) is 23.5 Å². The predicted octanol–water partition coefficient (Wildman–Crippen LogP) is 1.04. The summed E-state index contributed by atoms with van der Waals surface area (Å²) in [4.78, 5) is 22.7. The van der Waals surface area contributed by atoms with Crippen LogP contribution < -0.4 is 11.1 Å². The summed E-state index contributed by atoms with van der Waals surface area (Å²) in [7, 11) is 0. The molecule has 6 nitrogen and oxygen atoms in total. The van der Waals surface area contributed by atoms with Gasteiger partial charge in [-0.25, -0.2) is 0 Å². The Morgan fingerprint density at radius 3 is 2.62 bits per heavy atom. The van der Waals surface area contributed by atoms with Crippen molar-refractivity contribution >= 4 is 28.5 Å². The first-order valence-electron chi connectivity index (χ1n) is 6.50. The average molecular weight is 312 g/mol. The summed E-state index contributed by atoms with van der Waals surface area (Å²) in [6, 6.07) is 4.27. The monoisotopic (exact) mass is 312 g/mol. The van der Waals surface area contributed by atoms with Crippen molar-refractivity contribution < 1.29 is 19.8 Å². The molecule has 1 aromatic rings. The van der Waals surface area contributed by atoms with Crippen molar-refractivity contribution in [1.82, 2.24) is 5.32 Å². The Balaban J connectivity index is 2.58. The van der Waals surface area contributed by atoms with Crippen molar-refractivity contribution in [3.63, 3.8) is 0 Å². The van der Waals surface area contributed by atoms with Gasteiger partial charge in [-0.15, -0.1) is 0 Å². The molecule has 21 heavy (non-hydrogen) atoms. The zero-order chi connectivity index (χ0) is 16.0. The van der Waals surface area contributed by atoms with E-state index in [1.54, 1.807) is 6.92 Å². The highest BCUT2D eigenvalue weighted by molar-refractivity contribution is 8.13. The van der Waals surface area contributed by atoms with Crippen LogP contribution in [0.2, 0.25) is 0 Å². The normalized spacial score (nSPS) is 13.5. The van der Waals surface area contributed by atoms with E-state index in [-0.39, 0.29) is 16.8 Å². The number of aromatic hydroxyl groups is 1. The third-order valence-electron chi connectivity index (χ3n) is 2.87. The maximum absolute atomic E-state index is 12.0. The lowest BCUT2D eigenvalue weighted by Gasteiger charge is -2.18. The lowest BCUT2D eigenvalue weighted by atomic mass is 9.98. The van der Waals surface area contributed by atoms with Gasteiger partial charge >= 0.3 is 0 Å². The van der Waals surface area contributed by atoms with Gasteiger partial charge in [0.2, 0.25) is 5.91 Å². The number of thioether (sulfide) groups is 1. The van der Waals surface area contributed by atoms with Gasteiger partial charge in [0.25, 0.3) is 0 Å². The number of carbonyl (C=O) groups excluding carboxylic acids is 2. The highest BCUT2D eigenvalue weighted by Gasteiger charge is 2.24. The first-order chi connectivity index (χ1) is 9.81. The first-order valence-corrected chi connectivity index (χ1v) is 7.48. The third-order valence-corrected chi connectivity index (χ3v) is 3.93. The number of nitrogens with two attached hydrogens (primary N) is 1. The Labute approximate surface area is 127 Å². The molecule has 0 aliphatic rings. The number of hydrogen-bond donors (Lipinski definition) is 4. The fraction of sp³-hybridized carbons (Fsp3) is 0.429. The van der Waals surface area contributed by atoms with E-state index in [0.717, 1.165) is 11.8 Å². The van der Waals surface area contributed by atoms with Gasteiger partial charge < -0.3 is 21.3 Å². The number of amides is 1. The van der Waals surface area contributed by atoms with E-state index >= 15 is 0 Å². The van der Waals surface area contributed by atoms with E-state index in [9.17, 15) is 19.8 Å². The fourth-order valence-electron chi connectivity index (χ4n) is 1.76. The second-order valence-corrected chi connectivity index (χ2v) is 5.84. The van der Waals surface area contributed by atoms with Crippen LogP contribution in [-0.2, 0) is 9.59 Å². The predicted molar refractivity (Wildman–Crippen MR) is 82.8 cm³/mol. The molecule has 0 fully saturated rings. The highest BCUT2D eigenvalue weighted by Crippen LogP contribution is 2.29. The smallest absolute Gasteiger partial charge is 0.216 e. The number of nitrogen functional groups attached to an aromatic ring is 1. The van der Waals surface area contributed by atoms with Gasteiger partial charge in [-0.2, -0.15) is 0 Å². The van der Waals surface area contributed by atoms with Gasteiger partial charge in [0, 0.05) is 31.0 Å². The van der Waals surface area contributed by atoms with E-state index in [1.165, 1.54) is 25.1 Å². The van der Waals surface area contributed by atoms with E-state index in [1.807, 2.05) is 0 Å². The molecule has 0 spiro atoms. The number of nitrogens with one attached hydrogen (secondary N) is 1. The molecule has 2 atom stereocenters. The number of hydrogen-bond acceptors (Lipinski definition) is 6. The van der Waals surface area contributed by atoms with Gasteiger partial charge in [-0.05, 0) is 17.7 Å². The fourth-order valence-corrected chi connectivity index (χ4v) is 2.55. The van der Waals surface area contributed by atoms with Crippen LogP contribution in [0.4, 0.5) is 5.69 Å². The number of rotatable bonds is 6. The number of phenols is 1. The number of anilines is 1. The van der Waals surface area contributed by atoms with Gasteiger partial charge in [0.15, 0.2) is 5.12 Å². The molecule has 7 heteroatoms. The van der Waals surface area contributed by atoms with Gasteiger partial charge in [0.1, 0.15) is 5.75 Å². The molecule has 0 unspecified atom stereocenters. The van der Waals surface area contributed by atoms with Crippen molar-refractivity contribution in [3.8, 4) is 5.75 Å². The largest absolute Gasteiger partial charge is 0.508 e. The molecule has 0 radical (unpaired) electrons. The molecule has 0 heterocycles. The highest BCUT2D eigenvalue weighted by atomic mass is 32.2. The third kappa shape index (κ3) is 5.65. The first kappa shape index (κ1) is 17.3. The van der Waals surface area contributed by atoms with E-state index < -0.39 is 12.0 Å². The summed E-state index contributed by atoms with van der Waals surface area (Å²) in [5.41, 5.74) is 6.32. The SMILES string of the molecule is CC(=O)NCCSC(=O)[C@H](C)[C@H](O)c1cc(N)cc(O)c1. The van der Waals surface area contributed by atoms with Gasteiger partial charge in [-0.1, -0.05) is 18.7 Å². The molecule has 1 aromatic carbocycles. The molecule has 1 rings (SSSR count). The number of phenolic OH excluding ortho intramolecular Hbond substituents is 1. The van der Waals surface area contributed by atoms with Crippen molar-refractivity contribution in [2.24, 2.45) is 5.92 Å². The number of aliphatic hydroxyl groups excluding tert-OH is 1. The Bertz CT molecular complexity index is 501. The van der Waals surface area contributed by atoms with Crippen LogP contribution in [0.5, 0.6) is 5.75 Å². The summed E-state index contributed by atoms with van der Waals surface area (Å²) in [6.45, 7) is 3.41. The Morgan fingerprint density at radius 1 is 1.38 bits per heavy atom. The van der Waals surface area contributed by atoms with Crippen molar-refractivity contribution in [2.45, 2.75) is 20.0 Å². The maximum Gasteiger partial charge on any atom is 0.216 e. The molecule has 5 N–H and O–H groups in total. The maximum atomic E-state index is 12.0. The minimum atomic E-state index is -1.04. The Morgan fingerprint density at radius 2 is 2.05 bits per heavy atom. The molecular formula is C14H20N2O4S. The molecule has 0 saturated carbocycles. The molecule has 0 bridgehead atoms. The van der Waals surface area contributed by atoms with Crippen molar-refractivity contribution in [1.29, 1.82) is 0 Å². The van der Waals surface area contributed by atoms with Crippen LogP contribution >= 0.6 is 11.8 Å². The molecule has 0 aliphatic heterocycles. The molecule has 0 aliphatic carbocycles. The summed E-state index contributed by atoms with van der Waals surface area (Å²) in [5, 5.41) is 22.1. The number of aliphatic hydroxyl groups is 1. The van der Waals surface area contributed by atoms with Gasteiger partial charge in [-0.3, -0.25) is 9.59 Å². The molecule has 116 valence electrons. The second-order valence-electron chi connectivity index (χ2n) is 4.74. The van der Waals surface area contributed by atoms with E-state index in [2.05, 4.69) is 5.32 Å². The Hall–Kier alpha value is -1.73. The van der Waals surface area contributed by atoms with Crippen LogP contribution in [0.15, 0.2) is 18.2 Å². The lowest BCUT2D eigenvalue weighted by Crippen LogP contribution is -2.24. The van der Waals surface area contributed by atoms with Crippen molar-refractivity contribution in [3.05, 3.63) is 23.8 Å². The zero-order valence-electron chi connectivity index (χ0n) is 12.0. The Kier molecular flexibility index (Phi) is 6.51. The quantitative estimate of drug-likeness (QED) is 0.461. The zero-order valence-corrected chi connectivity index (χ0v) is 12.8. The van der Waals surface area contributed by atoms with Crippen LogP contribution in [-0.4, -0.2) is 33.5 Å². The van der Waals surface area contributed by atoms with E-state index in [4.69, 9.17) is 5.73 Å². The standard InChI is InChI=1S/C14H20N2O4S/c1-8(14(20)21-4-3-16-9(2)17)13(19)10-5-11(15)7-12(18)6-10/h5-8,13,18-19H,3-4,15H2,1-2H3,(H,16,17)/t8-,13+/m1/s1.